The summed E-state index contributed by atoms with van der Waals surface area (Å²) in [7, 11) is 1.93. The molecule has 0 aliphatic carbocycles. The normalized spacial score (nSPS) is 10.9. The minimum Gasteiger partial charge on any atom is -0.338 e. The molecule has 0 amide bonds. The van der Waals surface area contributed by atoms with E-state index >= 15 is 0 Å². The van der Waals surface area contributed by atoms with Gasteiger partial charge in [0.2, 0.25) is 0 Å². The van der Waals surface area contributed by atoms with E-state index in [4.69, 9.17) is 11.6 Å². The lowest BCUT2D eigenvalue weighted by Crippen LogP contribution is -1.94. The van der Waals surface area contributed by atoms with E-state index in [0.29, 0.717) is 5.02 Å². The van der Waals surface area contributed by atoms with E-state index in [9.17, 15) is 0 Å². The summed E-state index contributed by atoms with van der Waals surface area (Å²) >= 11 is 8.35. The van der Waals surface area contributed by atoms with E-state index in [-0.39, 0.29) is 0 Å². The van der Waals surface area contributed by atoms with Gasteiger partial charge in [-0.15, -0.1) is 0 Å². The molecule has 2 aromatic carbocycles. The highest BCUT2D eigenvalue weighted by Crippen LogP contribution is 2.28. The quantitative estimate of drug-likeness (QED) is 0.657. The van der Waals surface area contributed by atoms with Crippen molar-refractivity contribution in [2.24, 2.45) is 7.05 Å². The number of hydrogen-bond donors (Lipinski definition) is 1. The van der Waals surface area contributed by atoms with Crippen LogP contribution in [0.5, 0.6) is 0 Å². The second-order valence-electron chi connectivity index (χ2n) is 4.27. The van der Waals surface area contributed by atoms with Gasteiger partial charge in [-0.3, -0.25) is 4.68 Å². The summed E-state index contributed by atoms with van der Waals surface area (Å²) in [6.07, 6.45) is 0. The number of aryl methyl sites for hydroxylation is 1. The second kappa shape index (κ2) is 5.02. The molecule has 0 aliphatic rings. The van der Waals surface area contributed by atoms with Crippen LogP contribution in [0.3, 0.4) is 0 Å². The summed E-state index contributed by atoms with van der Waals surface area (Å²) in [6, 6.07) is 14.0. The van der Waals surface area contributed by atoms with E-state index in [2.05, 4.69) is 45.1 Å². The van der Waals surface area contributed by atoms with Crippen molar-refractivity contribution in [2.45, 2.75) is 0 Å². The molecule has 1 heterocycles. The van der Waals surface area contributed by atoms with Crippen molar-refractivity contribution in [3.05, 3.63) is 51.1 Å². The average Bonchev–Trinajstić information content (AvgIpc) is 2.66. The standard InChI is InChI=1S/C14H11ClIN3/c1-19-13-6-5-9(15)7-12(13)14(18-19)17-11-4-2-3-10(16)8-11/h2-8H,1H3,(H,17,18). The van der Waals surface area contributed by atoms with Crippen LogP contribution in [0.25, 0.3) is 10.9 Å². The Morgan fingerprint density at radius 1 is 1.21 bits per heavy atom. The van der Waals surface area contributed by atoms with Crippen LogP contribution in [0, 0.1) is 3.57 Å². The zero-order valence-electron chi connectivity index (χ0n) is 10.2. The summed E-state index contributed by atoms with van der Waals surface area (Å²) in [4.78, 5) is 0. The Hall–Kier alpha value is -1.27. The van der Waals surface area contributed by atoms with Crippen LogP contribution in [0.1, 0.15) is 0 Å². The van der Waals surface area contributed by atoms with Crippen LogP contribution in [-0.4, -0.2) is 9.78 Å². The molecule has 0 spiro atoms. The Morgan fingerprint density at radius 3 is 2.84 bits per heavy atom. The maximum atomic E-state index is 6.06. The first kappa shape index (κ1) is 12.7. The summed E-state index contributed by atoms with van der Waals surface area (Å²) < 4.78 is 3.03. The van der Waals surface area contributed by atoms with Crippen molar-refractivity contribution in [3.8, 4) is 0 Å². The summed E-state index contributed by atoms with van der Waals surface area (Å²) in [5.41, 5.74) is 2.07. The molecule has 3 aromatic rings. The Kier molecular flexibility index (Phi) is 3.36. The van der Waals surface area contributed by atoms with Crippen LogP contribution >= 0.6 is 34.2 Å². The molecule has 0 atom stereocenters. The highest BCUT2D eigenvalue weighted by Gasteiger charge is 2.09. The fraction of sp³-hybridized carbons (Fsp3) is 0.0714. The van der Waals surface area contributed by atoms with Gasteiger partial charge in [-0.2, -0.15) is 5.10 Å². The minimum absolute atomic E-state index is 0.714. The smallest absolute Gasteiger partial charge is 0.160 e. The minimum atomic E-state index is 0.714. The van der Waals surface area contributed by atoms with Crippen molar-refractivity contribution in [2.75, 3.05) is 5.32 Å². The first-order chi connectivity index (χ1) is 9.13. The number of halogens is 2. The average molecular weight is 384 g/mol. The Labute approximate surface area is 129 Å². The summed E-state index contributed by atoms with van der Waals surface area (Å²) in [5, 5.41) is 9.58. The lowest BCUT2D eigenvalue weighted by Gasteiger charge is -2.03. The van der Waals surface area contributed by atoms with E-state index in [1.54, 1.807) is 0 Å². The van der Waals surface area contributed by atoms with Crippen LogP contribution in [0.15, 0.2) is 42.5 Å². The lowest BCUT2D eigenvalue weighted by atomic mass is 10.2. The molecular formula is C14H11ClIN3. The molecule has 0 saturated carbocycles. The van der Waals surface area contributed by atoms with Crippen molar-refractivity contribution >= 4 is 56.6 Å². The van der Waals surface area contributed by atoms with Gasteiger partial charge in [-0.05, 0) is 59.0 Å². The van der Waals surface area contributed by atoms with E-state index < -0.39 is 0 Å². The molecule has 96 valence electrons. The SMILES string of the molecule is Cn1nc(Nc2cccc(I)c2)c2cc(Cl)ccc21. The number of hydrogen-bond acceptors (Lipinski definition) is 2. The molecule has 0 fully saturated rings. The number of nitrogens with one attached hydrogen (secondary N) is 1. The molecule has 0 unspecified atom stereocenters. The largest absolute Gasteiger partial charge is 0.338 e. The maximum absolute atomic E-state index is 6.06. The van der Waals surface area contributed by atoms with Gasteiger partial charge >= 0.3 is 0 Å². The lowest BCUT2D eigenvalue weighted by molar-refractivity contribution is 0.801. The molecule has 0 saturated heterocycles. The molecule has 3 nitrogen and oxygen atoms in total. The molecule has 1 aromatic heterocycles. The van der Waals surface area contributed by atoms with Gasteiger partial charge in [0.05, 0.1) is 5.52 Å². The molecule has 0 aliphatic heterocycles. The number of nitrogens with zero attached hydrogens (tertiary/aromatic N) is 2. The van der Waals surface area contributed by atoms with Crippen molar-refractivity contribution in [1.29, 1.82) is 0 Å². The predicted molar refractivity (Wildman–Crippen MR) is 88.2 cm³/mol. The molecule has 0 bridgehead atoms. The highest BCUT2D eigenvalue weighted by molar-refractivity contribution is 14.1. The molecule has 3 rings (SSSR count). The van der Waals surface area contributed by atoms with Gasteiger partial charge in [0.15, 0.2) is 5.82 Å². The van der Waals surface area contributed by atoms with Crippen molar-refractivity contribution < 1.29 is 0 Å². The molecule has 0 radical (unpaired) electrons. The van der Waals surface area contributed by atoms with Crippen LogP contribution < -0.4 is 5.32 Å². The fourth-order valence-electron chi connectivity index (χ4n) is 2.03. The monoisotopic (exact) mass is 383 g/mol. The number of aromatic nitrogens is 2. The second-order valence-corrected chi connectivity index (χ2v) is 5.95. The Bertz CT molecular complexity index is 752. The zero-order chi connectivity index (χ0) is 13.4. The van der Waals surface area contributed by atoms with Crippen LogP contribution in [0.2, 0.25) is 5.02 Å². The summed E-state index contributed by atoms with van der Waals surface area (Å²) in [5.74, 6) is 0.821. The van der Waals surface area contributed by atoms with Crippen LogP contribution in [0.4, 0.5) is 11.5 Å². The summed E-state index contributed by atoms with van der Waals surface area (Å²) in [6.45, 7) is 0. The molecular weight excluding hydrogens is 373 g/mol. The molecule has 19 heavy (non-hydrogen) atoms. The first-order valence-corrected chi connectivity index (χ1v) is 7.24. The van der Waals surface area contributed by atoms with E-state index in [0.717, 1.165) is 22.4 Å². The number of benzene rings is 2. The third-order valence-corrected chi connectivity index (χ3v) is 3.81. The van der Waals surface area contributed by atoms with Gasteiger partial charge in [0.1, 0.15) is 0 Å². The first-order valence-electron chi connectivity index (χ1n) is 5.78. The van der Waals surface area contributed by atoms with E-state index in [1.165, 1.54) is 3.57 Å². The number of fused-ring (bicyclic) bond motifs is 1. The van der Waals surface area contributed by atoms with Crippen molar-refractivity contribution in [3.63, 3.8) is 0 Å². The van der Waals surface area contributed by atoms with Crippen LogP contribution in [-0.2, 0) is 7.05 Å². The molecule has 1 N–H and O–H groups in total. The fourth-order valence-corrected chi connectivity index (χ4v) is 2.75. The zero-order valence-corrected chi connectivity index (χ0v) is 13.1. The van der Waals surface area contributed by atoms with Gasteiger partial charge in [0, 0.05) is 26.7 Å². The highest BCUT2D eigenvalue weighted by atomic mass is 127. The third kappa shape index (κ3) is 2.55. The topological polar surface area (TPSA) is 29.9 Å². The van der Waals surface area contributed by atoms with Gasteiger partial charge < -0.3 is 5.32 Å². The van der Waals surface area contributed by atoms with Gasteiger partial charge in [-0.25, -0.2) is 0 Å². The Balaban J connectivity index is 2.08. The maximum Gasteiger partial charge on any atom is 0.160 e. The van der Waals surface area contributed by atoms with Gasteiger partial charge in [0.25, 0.3) is 0 Å². The molecule has 5 heteroatoms. The van der Waals surface area contributed by atoms with Gasteiger partial charge in [-0.1, -0.05) is 17.7 Å². The Morgan fingerprint density at radius 2 is 2.05 bits per heavy atom. The third-order valence-electron chi connectivity index (χ3n) is 2.90. The number of rotatable bonds is 2. The van der Waals surface area contributed by atoms with Crippen molar-refractivity contribution in [1.82, 2.24) is 9.78 Å². The predicted octanol–water partition coefficient (Wildman–Crippen LogP) is 4.57. The van der Waals surface area contributed by atoms with E-state index in [1.807, 2.05) is 42.1 Å². The number of anilines is 2.